The van der Waals surface area contributed by atoms with Crippen molar-refractivity contribution in [2.45, 2.75) is 78.6 Å². The van der Waals surface area contributed by atoms with E-state index in [4.69, 9.17) is 31.2 Å². The summed E-state index contributed by atoms with van der Waals surface area (Å²) in [6, 6.07) is 19.2. The monoisotopic (exact) mass is 835 g/mol. The van der Waals surface area contributed by atoms with Crippen LogP contribution in [-0.2, 0) is 22.5 Å². The van der Waals surface area contributed by atoms with Crippen molar-refractivity contribution in [2.24, 2.45) is 10.8 Å². The Morgan fingerprint density at radius 1 is 0.934 bits per heavy atom. The second kappa shape index (κ2) is 15.7. The largest absolute Gasteiger partial charge is 0.489 e. The quantitative estimate of drug-likeness (QED) is 0.159. The van der Waals surface area contributed by atoms with E-state index in [9.17, 15) is 14.9 Å². The number of aromatic nitrogens is 6. The predicted octanol–water partition coefficient (Wildman–Crippen LogP) is 8.01. The Morgan fingerprint density at radius 3 is 2.38 bits per heavy atom. The fraction of sp³-hybridized carbons (Fsp3) is 0.362. The van der Waals surface area contributed by atoms with Crippen LogP contribution in [0, 0.1) is 22.2 Å². The van der Waals surface area contributed by atoms with Gasteiger partial charge in [-0.15, -0.1) is 0 Å². The third-order valence-corrected chi connectivity index (χ3v) is 13.0. The first kappa shape index (κ1) is 40.2. The number of nitrogens with zero attached hydrogens (tertiary/aromatic N) is 8. The summed E-state index contributed by atoms with van der Waals surface area (Å²) in [5.41, 5.74) is 6.28. The summed E-state index contributed by atoms with van der Waals surface area (Å²) in [5, 5.41) is 20.0. The van der Waals surface area contributed by atoms with Crippen LogP contribution in [0.15, 0.2) is 79.4 Å². The lowest BCUT2D eigenvalue weighted by atomic mass is 9.49. The number of benzene rings is 2. The molecule has 2 aliphatic heterocycles. The molecule has 0 spiro atoms. The molecule has 1 saturated heterocycles. The van der Waals surface area contributed by atoms with Crippen molar-refractivity contribution in [3.8, 4) is 45.9 Å². The third-order valence-electron chi connectivity index (χ3n) is 12.7. The van der Waals surface area contributed by atoms with Crippen LogP contribution in [0.3, 0.4) is 0 Å². The first-order valence-corrected chi connectivity index (χ1v) is 21.0. The van der Waals surface area contributed by atoms with Crippen LogP contribution in [0.2, 0.25) is 5.02 Å². The maximum absolute atomic E-state index is 13.5. The Bertz CT molecular complexity index is 2700. The standard InChI is InChI=1S/C47H46ClN9O4/c1-27(58)56-16-13-40-36(26-56)41(55-57(40)32-14-17-60-18-15-32)34-8-6-7-28-19-39(51-25-35(28)34)30-10-12-38(50-22-30)42-52-23-31(24-53-42)43(59)54-44-46(2,3)45(47(44,4)5)61-33-11-9-29(21-49)37(48)20-33/h6-12,19-20,22-25,32,44-45H,13-18,26H2,1-5H3,(H,54,59). The molecule has 1 saturated carbocycles. The van der Waals surface area contributed by atoms with Gasteiger partial charge in [0.15, 0.2) is 5.82 Å². The van der Waals surface area contributed by atoms with Crippen LogP contribution >= 0.6 is 11.6 Å². The molecule has 4 aromatic heterocycles. The number of rotatable bonds is 8. The fourth-order valence-corrected chi connectivity index (χ4v) is 9.98. The van der Waals surface area contributed by atoms with Crippen molar-refractivity contribution in [2.75, 3.05) is 19.8 Å². The zero-order chi connectivity index (χ0) is 42.6. The Hall–Kier alpha value is -6.23. The second-order valence-electron chi connectivity index (χ2n) is 17.4. The molecule has 0 atom stereocenters. The summed E-state index contributed by atoms with van der Waals surface area (Å²) >= 11 is 6.25. The molecular formula is C47H46ClN9O4. The summed E-state index contributed by atoms with van der Waals surface area (Å²) in [6.07, 6.45) is 9.07. The van der Waals surface area contributed by atoms with Gasteiger partial charge in [0.2, 0.25) is 5.91 Å². The van der Waals surface area contributed by atoms with E-state index >= 15 is 0 Å². The second-order valence-corrected chi connectivity index (χ2v) is 17.8. The molecule has 61 heavy (non-hydrogen) atoms. The van der Waals surface area contributed by atoms with Crippen LogP contribution in [-0.4, -0.2) is 78.3 Å². The van der Waals surface area contributed by atoms with Gasteiger partial charge in [-0.25, -0.2) is 9.97 Å². The molecule has 0 unspecified atom stereocenters. The molecule has 1 N–H and O–H groups in total. The number of ether oxygens (including phenoxy) is 2. The molecule has 13 nitrogen and oxygen atoms in total. The number of hydrogen-bond acceptors (Lipinski definition) is 10. The van der Waals surface area contributed by atoms with Crippen molar-refractivity contribution in [1.29, 1.82) is 5.26 Å². The van der Waals surface area contributed by atoms with Gasteiger partial charge in [-0.2, -0.15) is 10.4 Å². The highest BCUT2D eigenvalue weighted by atomic mass is 35.5. The van der Waals surface area contributed by atoms with E-state index in [1.807, 2.05) is 29.3 Å². The Balaban J connectivity index is 0.898. The summed E-state index contributed by atoms with van der Waals surface area (Å²) in [5.74, 6) is 0.752. The molecule has 2 aromatic carbocycles. The van der Waals surface area contributed by atoms with E-state index in [2.05, 4.69) is 76.9 Å². The van der Waals surface area contributed by atoms with Gasteiger partial charge in [-0.05, 0) is 48.6 Å². The Labute approximate surface area is 359 Å². The van der Waals surface area contributed by atoms with Gasteiger partial charge in [0.1, 0.15) is 23.6 Å². The predicted molar refractivity (Wildman–Crippen MR) is 231 cm³/mol. The van der Waals surface area contributed by atoms with Crippen molar-refractivity contribution in [1.82, 2.24) is 39.9 Å². The van der Waals surface area contributed by atoms with E-state index in [1.165, 1.54) is 18.1 Å². The molecule has 6 aromatic rings. The highest BCUT2D eigenvalue weighted by molar-refractivity contribution is 6.31. The van der Waals surface area contributed by atoms with Crippen LogP contribution in [0.25, 0.3) is 44.8 Å². The fourth-order valence-electron chi connectivity index (χ4n) is 9.76. The zero-order valence-electron chi connectivity index (χ0n) is 34.8. The first-order valence-electron chi connectivity index (χ1n) is 20.6. The zero-order valence-corrected chi connectivity index (χ0v) is 35.5. The molecular weight excluding hydrogens is 790 g/mol. The summed E-state index contributed by atoms with van der Waals surface area (Å²) < 4.78 is 14.2. The molecule has 1 aliphatic carbocycles. The Morgan fingerprint density at radius 2 is 1.69 bits per heavy atom. The minimum absolute atomic E-state index is 0.0681. The molecule has 14 heteroatoms. The summed E-state index contributed by atoms with van der Waals surface area (Å²) in [6.45, 7) is 12.5. The minimum atomic E-state index is -0.415. The van der Waals surface area contributed by atoms with Gasteiger partial charge in [0, 0.05) is 115 Å². The lowest BCUT2D eigenvalue weighted by Crippen LogP contribution is -2.74. The van der Waals surface area contributed by atoms with Gasteiger partial charge in [-0.3, -0.25) is 24.2 Å². The van der Waals surface area contributed by atoms with E-state index in [0.717, 1.165) is 71.3 Å². The lowest BCUT2D eigenvalue weighted by Gasteiger charge is -2.63. The summed E-state index contributed by atoms with van der Waals surface area (Å²) in [7, 11) is 0. The van der Waals surface area contributed by atoms with Crippen LogP contribution in [0.1, 0.15) is 80.7 Å². The van der Waals surface area contributed by atoms with Crippen molar-refractivity contribution in [3.63, 3.8) is 0 Å². The number of amides is 2. The van der Waals surface area contributed by atoms with Crippen molar-refractivity contribution >= 4 is 34.2 Å². The minimum Gasteiger partial charge on any atom is -0.489 e. The normalized spacial score (nSPS) is 19.4. The molecule has 9 rings (SSSR count). The number of halogens is 1. The smallest absolute Gasteiger partial charge is 0.254 e. The van der Waals surface area contributed by atoms with E-state index in [1.54, 1.807) is 31.3 Å². The van der Waals surface area contributed by atoms with Crippen molar-refractivity contribution in [3.05, 3.63) is 107 Å². The number of pyridine rings is 2. The molecule has 6 heterocycles. The van der Waals surface area contributed by atoms with E-state index in [-0.39, 0.29) is 30.0 Å². The molecule has 310 valence electrons. The maximum atomic E-state index is 13.5. The molecule has 3 aliphatic rings. The molecule has 2 fully saturated rings. The number of hydrogen-bond donors (Lipinski definition) is 1. The number of carbonyl (C=O) groups excluding carboxylic acids is 2. The number of nitrogens with one attached hydrogen (secondary N) is 1. The topological polar surface area (TPSA) is 161 Å². The van der Waals surface area contributed by atoms with Gasteiger partial charge in [-0.1, -0.05) is 57.5 Å². The van der Waals surface area contributed by atoms with Crippen LogP contribution < -0.4 is 10.1 Å². The lowest BCUT2D eigenvalue weighted by molar-refractivity contribution is -0.164. The van der Waals surface area contributed by atoms with Gasteiger partial charge in [0.25, 0.3) is 5.91 Å². The highest BCUT2D eigenvalue weighted by Gasteiger charge is 2.64. The maximum Gasteiger partial charge on any atom is 0.254 e. The average Bonchev–Trinajstić information content (AvgIpc) is 3.66. The number of carbonyl (C=O) groups is 2. The highest BCUT2D eigenvalue weighted by Crippen LogP contribution is 2.55. The van der Waals surface area contributed by atoms with E-state index in [0.29, 0.717) is 46.5 Å². The van der Waals surface area contributed by atoms with Crippen LogP contribution in [0.5, 0.6) is 5.75 Å². The van der Waals surface area contributed by atoms with Gasteiger partial charge >= 0.3 is 0 Å². The SMILES string of the molecule is CC(=O)N1CCc2c(c(-c3cccc4cc(-c5ccc(-c6ncc(C(=O)NC7C(C)(C)C(Oc8ccc(C#N)c(Cl)c8)C7(C)C)cn6)nc5)ncc34)nn2C2CCOCC2)C1. The van der Waals surface area contributed by atoms with E-state index < -0.39 is 10.8 Å². The van der Waals surface area contributed by atoms with Gasteiger partial charge < -0.3 is 19.7 Å². The molecule has 0 bridgehead atoms. The molecule has 2 amide bonds. The number of nitriles is 1. The van der Waals surface area contributed by atoms with Crippen molar-refractivity contribution < 1.29 is 19.1 Å². The third kappa shape index (κ3) is 7.27. The van der Waals surface area contributed by atoms with Crippen LogP contribution in [0.4, 0.5) is 0 Å². The first-order chi connectivity index (χ1) is 29.3. The summed E-state index contributed by atoms with van der Waals surface area (Å²) in [4.78, 5) is 46.4. The van der Waals surface area contributed by atoms with Gasteiger partial charge in [0.05, 0.1) is 33.6 Å². The Kier molecular flexibility index (Phi) is 10.3. The average molecular weight is 836 g/mol. The molecule has 0 radical (unpaired) electrons. The number of fused-ring (bicyclic) bond motifs is 2.